The zero-order chi connectivity index (χ0) is 12.3. The Bertz CT molecular complexity index is 287. The summed E-state index contributed by atoms with van der Waals surface area (Å²) in [4.78, 5) is 2.18. The lowest BCUT2D eigenvalue weighted by Gasteiger charge is -2.41. The minimum atomic E-state index is 0.127. The third-order valence-electron chi connectivity index (χ3n) is 4.14. The summed E-state index contributed by atoms with van der Waals surface area (Å²) in [5.41, 5.74) is 5.68. The second-order valence-electron chi connectivity index (χ2n) is 5.39. The number of likely N-dealkylation sites (N-methyl/N-ethyl adjacent to an activating group) is 1. The maximum Gasteiger partial charge on any atom is 0.153 e. The molecule has 2 aliphatic rings. The van der Waals surface area contributed by atoms with E-state index in [0.29, 0.717) is 12.6 Å². The van der Waals surface area contributed by atoms with Crippen molar-refractivity contribution in [3.05, 3.63) is 0 Å². The first-order valence-corrected chi connectivity index (χ1v) is 6.46. The Morgan fingerprint density at radius 3 is 2.88 bits per heavy atom. The van der Waals surface area contributed by atoms with Crippen LogP contribution in [-0.4, -0.2) is 47.8 Å². The van der Waals surface area contributed by atoms with E-state index < -0.39 is 0 Å². The Labute approximate surface area is 103 Å². The van der Waals surface area contributed by atoms with Crippen LogP contribution in [0.1, 0.15) is 38.5 Å². The fourth-order valence-electron chi connectivity index (χ4n) is 3.16. The summed E-state index contributed by atoms with van der Waals surface area (Å²) in [6.07, 6.45) is 7.09. The molecule has 0 aromatic rings. The number of amidine groups is 1. The van der Waals surface area contributed by atoms with Crippen molar-refractivity contribution in [3.63, 3.8) is 0 Å². The molecule has 2 fully saturated rings. The average Bonchev–Trinajstić information content (AvgIpc) is 2.77. The first-order chi connectivity index (χ1) is 8.15. The Balaban J connectivity index is 1.92. The summed E-state index contributed by atoms with van der Waals surface area (Å²) >= 11 is 0. The molecule has 1 saturated carbocycles. The molecular weight excluding hydrogens is 218 g/mol. The Kier molecular flexibility index (Phi) is 3.89. The third-order valence-corrected chi connectivity index (χ3v) is 4.14. The van der Waals surface area contributed by atoms with E-state index in [1.807, 2.05) is 7.05 Å². The summed E-state index contributed by atoms with van der Waals surface area (Å²) in [7, 11) is 2.04. The molecule has 1 spiro atoms. The molecule has 0 amide bonds. The molecule has 98 valence electrons. The van der Waals surface area contributed by atoms with Crippen LogP contribution in [0.4, 0.5) is 0 Å². The fourth-order valence-corrected chi connectivity index (χ4v) is 3.16. The van der Waals surface area contributed by atoms with E-state index in [1.54, 1.807) is 0 Å². The maximum atomic E-state index is 8.60. The molecule has 17 heavy (non-hydrogen) atoms. The zero-order valence-electron chi connectivity index (χ0n) is 10.6. The number of hydrogen-bond donors (Lipinski definition) is 2. The molecule has 1 aliphatic carbocycles. The van der Waals surface area contributed by atoms with Gasteiger partial charge in [-0.2, -0.15) is 0 Å². The summed E-state index contributed by atoms with van der Waals surface area (Å²) in [5.74, 6) is 0.277. The van der Waals surface area contributed by atoms with Crippen LogP contribution < -0.4 is 5.73 Å². The Morgan fingerprint density at radius 2 is 2.24 bits per heavy atom. The largest absolute Gasteiger partial charge is 0.409 e. The number of oxime groups is 1. The topological polar surface area (TPSA) is 71.1 Å². The highest BCUT2D eigenvalue weighted by Crippen LogP contribution is 2.40. The standard InChI is InChI=1S/C12H23N3O2/c1-15(9-11(13)14-16)10-4-7-17-12(8-10)5-2-3-6-12/h10,16H,2-9H2,1H3,(H2,13,14). The van der Waals surface area contributed by atoms with Crippen LogP contribution >= 0.6 is 0 Å². The van der Waals surface area contributed by atoms with Gasteiger partial charge >= 0.3 is 0 Å². The predicted octanol–water partition coefficient (Wildman–Crippen LogP) is 1.16. The second-order valence-corrected chi connectivity index (χ2v) is 5.39. The lowest BCUT2D eigenvalue weighted by Crippen LogP contribution is -2.48. The summed E-state index contributed by atoms with van der Waals surface area (Å²) < 4.78 is 6.00. The first kappa shape index (κ1) is 12.6. The summed E-state index contributed by atoms with van der Waals surface area (Å²) in [6.45, 7) is 1.36. The maximum absolute atomic E-state index is 8.60. The van der Waals surface area contributed by atoms with Gasteiger partial charge in [-0.05, 0) is 32.7 Å². The lowest BCUT2D eigenvalue weighted by molar-refractivity contribution is -0.0973. The SMILES string of the molecule is CN(CC(N)=NO)C1CCOC2(CCCC2)C1. The molecular formula is C12H23N3O2. The van der Waals surface area contributed by atoms with Crippen LogP contribution in [0.15, 0.2) is 5.16 Å². The highest BCUT2D eigenvalue weighted by Gasteiger charge is 2.40. The number of rotatable bonds is 3. The van der Waals surface area contributed by atoms with Gasteiger partial charge in [-0.15, -0.1) is 0 Å². The molecule has 0 aromatic carbocycles. The van der Waals surface area contributed by atoms with Crippen LogP contribution in [0.25, 0.3) is 0 Å². The smallest absolute Gasteiger partial charge is 0.153 e. The minimum absolute atomic E-state index is 0.127. The first-order valence-electron chi connectivity index (χ1n) is 6.46. The van der Waals surface area contributed by atoms with Gasteiger partial charge in [0.25, 0.3) is 0 Å². The van der Waals surface area contributed by atoms with Crippen LogP contribution in [0.5, 0.6) is 0 Å². The molecule has 1 saturated heterocycles. The number of ether oxygens (including phenoxy) is 1. The van der Waals surface area contributed by atoms with Crippen molar-refractivity contribution in [2.24, 2.45) is 10.9 Å². The number of nitrogens with zero attached hydrogens (tertiary/aromatic N) is 2. The monoisotopic (exact) mass is 241 g/mol. The fraction of sp³-hybridized carbons (Fsp3) is 0.917. The Hall–Kier alpha value is -0.810. The van der Waals surface area contributed by atoms with Gasteiger partial charge in [-0.3, -0.25) is 4.90 Å². The Morgan fingerprint density at radius 1 is 1.53 bits per heavy atom. The van der Waals surface area contributed by atoms with Crippen molar-refractivity contribution in [1.82, 2.24) is 4.90 Å². The molecule has 0 radical (unpaired) electrons. The van der Waals surface area contributed by atoms with Gasteiger partial charge < -0.3 is 15.7 Å². The highest BCUT2D eigenvalue weighted by atomic mass is 16.5. The van der Waals surface area contributed by atoms with Crippen molar-refractivity contribution < 1.29 is 9.94 Å². The molecule has 3 N–H and O–H groups in total. The summed E-state index contributed by atoms with van der Waals surface area (Å²) in [5, 5.41) is 11.6. The van der Waals surface area contributed by atoms with E-state index in [-0.39, 0.29) is 11.4 Å². The van der Waals surface area contributed by atoms with Crippen LogP contribution in [0.3, 0.4) is 0 Å². The molecule has 5 nitrogen and oxygen atoms in total. The lowest BCUT2D eigenvalue weighted by atomic mass is 9.88. The van der Waals surface area contributed by atoms with Crippen LogP contribution in [0, 0.1) is 0 Å². The van der Waals surface area contributed by atoms with Gasteiger partial charge in [0.1, 0.15) is 0 Å². The van der Waals surface area contributed by atoms with Crippen LogP contribution in [-0.2, 0) is 4.74 Å². The van der Waals surface area contributed by atoms with Crippen molar-refractivity contribution in [3.8, 4) is 0 Å². The molecule has 1 heterocycles. The molecule has 1 unspecified atom stereocenters. The van der Waals surface area contributed by atoms with E-state index in [0.717, 1.165) is 19.4 Å². The van der Waals surface area contributed by atoms with Crippen molar-refractivity contribution in [2.75, 3.05) is 20.2 Å². The van der Waals surface area contributed by atoms with E-state index >= 15 is 0 Å². The van der Waals surface area contributed by atoms with E-state index in [2.05, 4.69) is 10.1 Å². The molecule has 1 aliphatic heterocycles. The molecule has 5 heteroatoms. The molecule has 1 atom stereocenters. The van der Waals surface area contributed by atoms with Gasteiger partial charge in [-0.25, -0.2) is 0 Å². The molecule has 0 bridgehead atoms. The molecule has 2 rings (SSSR count). The van der Waals surface area contributed by atoms with Gasteiger partial charge in [0, 0.05) is 12.6 Å². The van der Waals surface area contributed by atoms with Gasteiger partial charge in [0.2, 0.25) is 0 Å². The molecule has 0 aromatic heterocycles. The van der Waals surface area contributed by atoms with E-state index in [1.165, 1.54) is 25.7 Å². The van der Waals surface area contributed by atoms with Crippen LogP contribution in [0.2, 0.25) is 0 Å². The van der Waals surface area contributed by atoms with E-state index in [9.17, 15) is 0 Å². The predicted molar refractivity (Wildman–Crippen MR) is 66.2 cm³/mol. The minimum Gasteiger partial charge on any atom is -0.409 e. The van der Waals surface area contributed by atoms with Gasteiger partial charge in [-0.1, -0.05) is 18.0 Å². The number of hydrogen-bond acceptors (Lipinski definition) is 4. The quantitative estimate of drug-likeness (QED) is 0.336. The van der Waals surface area contributed by atoms with Crippen molar-refractivity contribution in [1.29, 1.82) is 0 Å². The van der Waals surface area contributed by atoms with Gasteiger partial charge in [0.05, 0.1) is 12.1 Å². The zero-order valence-corrected chi connectivity index (χ0v) is 10.6. The van der Waals surface area contributed by atoms with Gasteiger partial charge in [0.15, 0.2) is 5.84 Å². The normalized spacial score (nSPS) is 29.1. The van der Waals surface area contributed by atoms with Crippen molar-refractivity contribution >= 4 is 5.84 Å². The second kappa shape index (κ2) is 5.23. The average molecular weight is 241 g/mol. The summed E-state index contributed by atoms with van der Waals surface area (Å²) in [6, 6.07) is 0.488. The van der Waals surface area contributed by atoms with E-state index in [4.69, 9.17) is 15.7 Å². The van der Waals surface area contributed by atoms with Crippen molar-refractivity contribution in [2.45, 2.75) is 50.2 Å². The third kappa shape index (κ3) is 2.90. The number of nitrogens with two attached hydrogens (primary N) is 1. The highest BCUT2D eigenvalue weighted by molar-refractivity contribution is 5.81.